The third-order valence-electron chi connectivity index (χ3n) is 4.66. The van der Waals surface area contributed by atoms with E-state index in [1.165, 1.54) is 0 Å². The van der Waals surface area contributed by atoms with Crippen molar-refractivity contribution in [2.45, 2.75) is 47.0 Å². The molecule has 0 unspecified atom stereocenters. The first kappa shape index (κ1) is 18.0. The molecule has 0 bridgehead atoms. The van der Waals surface area contributed by atoms with Crippen LogP contribution in [0.5, 0.6) is 0 Å². The molecule has 134 valence electrons. The Labute approximate surface area is 153 Å². The number of amides is 1. The fraction of sp³-hybridized carbons (Fsp3) is 0.579. The molecule has 6 heteroatoms. The lowest BCUT2D eigenvalue weighted by Gasteiger charge is -2.36. The maximum absolute atomic E-state index is 12.6. The van der Waals surface area contributed by atoms with Crippen molar-refractivity contribution in [2.24, 2.45) is 11.3 Å². The van der Waals surface area contributed by atoms with Crippen LogP contribution in [0.1, 0.15) is 45.0 Å². The van der Waals surface area contributed by atoms with Gasteiger partial charge in [-0.25, -0.2) is 4.98 Å². The van der Waals surface area contributed by atoms with Crippen LogP contribution in [-0.4, -0.2) is 38.8 Å². The molecular weight excluding hydrogens is 332 g/mol. The molecule has 0 saturated carbocycles. The predicted molar refractivity (Wildman–Crippen MR) is 100 cm³/mol. The van der Waals surface area contributed by atoms with Crippen molar-refractivity contribution in [3.8, 4) is 10.6 Å². The fourth-order valence-electron chi connectivity index (χ4n) is 3.40. The summed E-state index contributed by atoms with van der Waals surface area (Å²) in [6.07, 6.45) is 6.55. The summed E-state index contributed by atoms with van der Waals surface area (Å²) < 4.78 is 0. The Kier molecular flexibility index (Phi) is 5.18. The molecule has 1 saturated heterocycles. The molecule has 0 radical (unpaired) electrons. The zero-order chi connectivity index (χ0) is 18.0. The van der Waals surface area contributed by atoms with E-state index in [1.807, 2.05) is 38.1 Å². The van der Waals surface area contributed by atoms with Gasteiger partial charge in [-0.2, -0.15) is 0 Å². The van der Waals surface area contributed by atoms with Gasteiger partial charge in [0, 0.05) is 30.9 Å². The Morgan fingerprint density at radius 1 is 1.28 bits per heavy atom. The molecule has 25 heavy (non-hydrogen) atoms. The SMILES string of the molecule is Cc1ncsc1-c1nccnc1C[C@@H]1CCCN(C(=O)C(C)(C)C)C1. The average molecular weight is 359 g/mol. The number of aryl methyl sites for hydroxylation is 1. The predicted octanol–water partition coefficient (Wildman–Crippen LogP) is 3.74. The van der Waals surface area contributed by atoms with Gasteiger partial charge in [0.2, 0.25) is 5.91 Å². The van der Waals surface area contributed by atoms with Crippen molar-refractivity contribution in [2.75, 3.05) is 13.1 Å². The lowest BCUT2D eigenvalue weighted by atomic mass is 9.89. The molecule has 0 aromatic carbocycles. The Hall–Kier alpha value is -1.82. The van der Waals surface area contributed by atoms with Gasteiger partial charge in [-0.05, 0) is 32.1 Å². The minimum absolute atomic E-state index is 0.245. The number of thiazole rings is 1. The van der Waals surface area contributed by atoms with Crippen molar-refractivity contribution >= 4 is 17.2 Å². The van der Waals surface area contributed by atoms with E-state index in [1.54, 1.807) is 23.7 Å². The summed E-state index contributed by atoms with van der Waals surface area (Å²) in [6.45, 7) is 9.67. The van der Waals surface area contributed by atoms with Crippen LogP contribution in [0.3, 0.4) is 0 Å². The van der Waals surface area contributed by atoms with Gasteiger partial charge in [-0.1, -0.05) is 20.8 Å². The highest BCUT2D eigenvalue weighted by Crippen LogP contribution is 2.31. The molecule has 1 atom stereocenters. The normalized spacial score (nSPS) is 18.4. The molecule has 2 aromatic heterocycles. The van der Waals surface area contributed by atoms with Gasteiger partial charge in [0.15, 0.2) is 0 Å². The number of likely N-dealkylation sites (tertiary alicyclic amines) is 1. The van der Waals surface area contributed by atoms with E-state index < -0.39 is 0 Å². The van der Waals surface area contributed by atoms with Crippen LogP contribution in [-0.2, 0) is 11.2 Å². The molecule has 0 N–H and O–H groups in total. The van der Waals surface area contributed by atoms with Gasteiger partial charge in [0.1, 0.15) is 5.69 Å². The summed E-state index contributed by atoms with van der Waals surface area (Å²) in [4.78, 5) is 29.2. The molecule has 1 amide bonds. The number of carbonyl (C=O) groups is 1. The highest BCUT2D eigenvalue weighted by Gasteiger charge is 2.31. The molecular formula is C19H26N4OS. The maximum Gasteiger partial charge on any atom is 0.227 e. The summed E-state index contributed by atoms with van der Waals surface area (Å²) in [5, 5.41) is 0. The minimum atomic E-state index is -0.320. The van der Waals surface area contributed by atoms with Crippen molar-refractivity contribution in [1.82, 2.24) is 19.9 Å². The molecule has 1 aliphatic rings. The van der Waals surface area contributed by atoms with Crippen LogP contribution in [0.15, 0.2) is 17.9 Å². The van der Waals surface area contributed by atoms with Gasteiger partial charge in [-0.15, -0.1) is 11.3 Å². The fourth-order valence-corrected chi connectivity index (χ4v) is 4.22. The van der Waals surface area contributed by atoms with Crippen LogP contribution in [0, 0.1) is 18.3 Å². The van der Waals surface area contributed by atoms with Crippen LogP contribution >= 0.6 is 11.3 Å². The number of piperidine rings is 1. The number of hydrogen-bond donors (Lipinski definition) is 0. The van der Waals surface area contributed by atoms with Crippen molar-refractivity contribution in [3.05, 3.63) is 29.3 Å². The van der Waals surface area contributed by atoms with Gasteiger partial charge < -0.3 is 4.90 Å². The first-order valence-electron chi connectivity index (χ1n) is 8.86. The molecule has 1 fully saturated rings. The lowest BCUT2D eigenvalue weighted by Crippen LogP contribution is -2.45. The highest BCUT2D eigenvalue weighted by atomic mass is 32.1. The molecule has 5 nitrogen and oxygen atoms in total. The smallest absolute Gasteiger partial charge is 0.227 e. The Bertz CT molecular complexity index is 750. The molecule has 0 aliphatic carbocycles. The van der Waals surface area contributed by atoms with Gasteiger partial charge in [0.25, 0.3) is 0 Å². The van der Waals surface area contributed by atoms with E-state index in [9.17, 15) is 4.79 Å². The standard InChI is InChI=1S/C19H26N4OS/c1-13-17(25-12-22-13)16-15(20-7-8-21-16)10-14-6-5-9-23(11-14)18(24)19(2,3)4/h7-8,12,14H,5-6,9-11H2,1-4H3/t14-/m0/s1. The van der Waals surface area contributed by atoms with E-state index in [0.717, 1.165) is 54.3 Å². The zero-order valence-electron chi connectivity index (χ0n) is 15.5. The van der Waals surface area contributed by atoms with Crippen molar-refractivity contribution < 1.29 is 4.79 Å². The molecule has 3 heterocycles. The van der Waals surface area contributed by atoms with E-state index in [-0.39, 0.29) is 11.3 Å². The molecule has 0 spiro atoms. The van der Waals surface area contributed by atoms with Crippen LogP contribution < -0.4 is 0 Å². The Morgan fingerprint density at radius 2 is 2.04 bits per heavy atom. The Morgan fingerprint density at radius 3 is 2.72 bits per heavy atom. The molecule has 2 aromatic rings. The van der Waals surface area contributed by atoms with Crippen molar-refractivity contribution in [3.63, 3.8) is 0 Å². The second-order valence-corrected chi connectivity index (χ2v) is 8.69. The summed E-state index contributed by atoms with van der Waals surface area (Å²) in [5.74, 6) is 0.679. The molecule has 3 rings (SSSR count). The van der Waals surface area contributed by atoms with Crippen LogP contribution in [0.25, 0.3) is 10.6 Å². The average Bonchev–Trinajstić information content (AvgIpc) is 3.00. The zero-order valence-corrected chi connectivity index (χ0v) is 16.3. The number of aromatic nitrogens is 3. The maximum atomic E-state index is 12.6. The van der Waals surface area contributed by atoms with Gasteiger partial charge in [-0.3, -0.25) is 14.8 Å². The third kappa shape index (κ3) is 4.06. The van der Waals surface area contributed by atoms with Gasteiger partial charge >= 0.3 is 0 Å². The number of nitrogens with zero attached hydrogens (tertiary/aromatic N) is 4. The summed E-state index contributed by atoms with van der Waals surface area (Å²) in [7, 11) is 0. The monoisotopic (exact) mass is 358 g/mol. The van der Waals surface area contributed by atoms with E-state index in [0.29, 0.717) is 5.92 Å². The number of hydrogen-bond acceptors (Lipinski definition) is 5. The van der Waals surface area contributed by atoms with E-state index in [4.69, 9.17) is 0 Å². The minimum Gasteiger partial charge on any atom is -0.342 e. The number of rotatable bonds is 3. The summed E-state index contributed by atoms with van der Waals surface area (Å²) >= 11 is 1.61. The van der Waals surface area contributed by atoms with E-state index >= 15 is 0 Å². The second kappa shape index (κ2) is 7.20. The quantitative estimate of drug-likeness (QED) is 0.839. The largest absolute Gasteiger partial charge is 0.342 e. The first-order valence-corrected chi connectivity index (χ1v) is 9.74. The van der Waals surface area contributed by atoms with E-state index in [2.05, 4.69) is 15.0 Å². The highest BCUT2D eigenvalue weighted by molar-refractivity contribution is 7.13. The summed E-state index contributed by atoms with van der Waals surface area (Å²) in [5.41, 5.74) is 4.50. The molecule has 1 aliphatic heterocycles. The lowest BCUT2D eigenvalue weighted by molar-refractivity contribution is -0.141. The summed E-state index contributed by atoms with van der Waals surface area (Å²) in [6, 6.07) is 0. The van der Waals surface area contributed by atoms with Gasteiger partial charge in [0.05, 0.1) is 21.8 Å². The second-order valence-electron chi connectivity index (χ2n) is 7.83. The first-order chi connectivity index (χ1) is 11.9. The third-order valence-corrected chi connectivity index (χ3v) is 5.60. The van der Waals surface area contributed by atoms with Crippen LogP contribution in [0.4, 0.5) is 0 Å². The number of carbonyl (C=O) groups excluding carboxylic acids is 1. The van der Waals surface area contributed by atoms with Crippen molar-refractivity contribution in [1.29, 1.82) is 0 Å². The topological polar surface area (TPSA) is 59.0 Å². The van der Waals surface area contributed by atoms with Crippen LogP contribution in [0.2, 0.25) is 0 Å². The Balaban J connectivity index is 1.77.